The van der Waals surface area contributed by atoms with Gasteiger partial charge in [0.1, 0.15) is 10.0 Å². The van der Waals surface area contributed by atoms with Gasteiger partial charge in [0.15, 0.2) is 5.69 Å². The third kappa shape index (κ3) is 1.91. The standard InChI is InChI=1S/C9H7ClN2O2S2/c1-14-9(13)5-7(11)16-8(12-5)6-4(10)2-3-15-6/h2-3H,11H2,1H3. The molecule has 2 heterocycles. The first-order valence-electron chi connectivity index (χ1n) is 4.21. The molecule has 0 atom stereocenters. The van der Waals surface area contributed by atoms with Crippen molar-refractivity contribution in [3.63, 3.8) is 0 Å². The molecule has 2 aromatic rings. The van der Waals surface area contributed by atoms with Gasteiger partial charge in [0.2, 0.25) is 0 Å². The van der Waals surface area contributed by atoms with E-state index >= 15 is 0 Å². The van der Waals surface area contributed by atoms with Crippen LogP contribution in [0.5, 0.6) is 0 Å². The number of thiazole rings is 1. The maximum absolute atomic E-state index is 11.3. The van der Waals surface area contributed by atoms with Gasteiger partial charge in [-0.05, 0) is 11.4 Å². The Morgan fingerprint density at radius 2 is 2.38 bits per heavy atom. The molecule has 0 spiro atoms. The van der Waals surface area contributed by atoms with Crippen molar-refractivity contribution in [3.8, 4) is 9.88 Å². The average molecular weight is 275 g/mol. The second-order valence-corrected chi connectivity index (χ2v) is 5.18. The summed E-state index contributed by atoms with van der Waals surface area (Å²) in [6, 6.07) is 1.77. The van der Waals surface area contributed by atoms with Gasteiger partial charge in [-0.2, -0.15) is 0 Å². The van der Waals surface area contributed by atoms with Crippen LogP contribution in [-0.2, 0) is 4.74 Å². The number of nitrogens with zero attached hydrogens (tertiary/aromatic N) is 1. The Hall–Kier alpha value is -1.11. The summed E-state index contributed by atoms with van der Waals surface area (Å²) in [7, 11) is 1.29. The van der Waals surface area contributed by atoms with Crippen molar-refractivity contribution >= 4 is 45.2 Å². The van der Waals surface area contributed by atoms with Crippen LogP contribution in [0, 0.1) is 0 Å². The Bertz CT molecular complexity index is 535. The molecule has 0 saturated heterocycles. The lowest BCUT2D eigenvalue weighted by atomic mass is 10.4. The zero-order valence-electron chi connectivity index (χ0n) is 8.19. The van der Waals surface area contributed by atoms with Crippen LogP contribution in [0.4, 0.5) is 5.00 Å². The van der Waals surface area contributed by atoms with Gasteiger partial charge in [-0.1, -0.05) is 22.9 Å². The van der Waals surface area contributed by atoms with E-state index in [4.69, 9.17) is 17.3 Å². The fourth-order valence-electron chi connectivity index (χ4n) is 1.12. The number of nitrogen functional groups attached to an aromatic ring is 1. The lowest BCUT2D eigenvalue weighted by Gasteiger charge is -1.93. The van der Waals surface area contributed by atoms with Gasteiger partial charge < -0.3 is 10.5 Å². The summed E-state index contributed by atoms with van der Waals surface area (Å²) in [4.78, 5) is 16.3. The van der Waals surface area contributed by atoms with Crippen LogP contribution >= 0.6 is 34.3 Å². The van der Waals surface area contributed by atoms with Gasteiger partial charge in [0.25, 0.3) is 0 Å². The van der Waals surface area contributed by atoms with E-state index in [-0.39, 0.29) is 5.69 Å². The molecule has 0 unspecified atom stereocenters. The van der Waals surface area contributed by atoms with Gasteiger partial charge in [0.05, 0.1) is 17.0 Å². The molecule has 0 bridgehead atoms. The van der Waals surface area contributed by atoms with Crippen molar-refractivity contribution < 1.29 is 9.53 Å². The normalized spacial score (nSPS) is 10.4. The molecule has 84 valence electrons. The number of aromatic nitrogens is 1. The highest BCUT2D eigenvalue weighted by molar-refractivity contribution is 7.23. The summed E-state index contributed by atoms with van der Waals surface area (Å²) < 4.78 is 4.57. The fourth-order valence-corrected chi connectivity index (χ4v) is 3.25. The second-order valence-electron chi connectivity index (χ2n) is 2.82. The second kappa shape index (κ2) is 4.40. The molecule has 0 fully saturated rings. The third-order valence-corrected chi connectivity index (χ3v) is 4.22. The van der Waals surface area contributed by atoms with E-state index in [1.165, 1.54) is 29.8 Å². The number of carbonyl (C=O) groups excluding carboxylic acids is 1. The SMILES string of the molecule is COC(=O)c1nc(-c2sccc2Cl)sc1N. The predicted octanol–water partition coefficient (Wildman–Crippen LogP) is 2.89. The van der Waals surface area contributed by atoms with E-state index in [2.05, 4.69) is 9.72 Å². The Balaban J connectivity index is 2.46. The fraction of sp³-hybridized carbons (Fsp3) is 0.111. The molecular formula is C9H7ClN2O2S2. The van der Waals surface area contributed by atoms with Crippen LogP contribution < -0.4 is 5.73 Å². The number of halogens is 1. The Kier molecular flexibility index (Phi) is 3.13. The molecule has 0 aromatic carbocycles. The lowest BCUT2D eigenvalue weighted by molar-refractivity contribution is 0.0596. The number of hydrogen-bond donors (Lipinski definition) is 1. The Labute approximate surface area is 105 Å². The Morgan fingerprint density at radius 3 is 2.94 bits per heavy atom. The summed E-state index contributed by atoms with van der Waals surface area (Å²) in [6.45, 7) is 0. The monoisotopic (exact) mass is 274 g/mol. The largest absolute Gasteiger partial charge is 0.464 e. The van der Waals surface area contributed by atoms with Crippen molar-refractivity contribution in [1.82, 2.24) is 4.98 Å². The molecule has 7 heteroatoms. The summed E-state index contributed by atoms with van der Waals surface area (Å²) in [6.07, 6.45) is 0. The molecule has 4 nitrogen and oxygen atoms in total. The lowest BCUT2D eigenvalue weighted by Crippen LogP contribution is -2.04. The van der Waals surface area contributed by atoms with E-state index in [1.54, 1.807) is 6.07 Å². The van der Waals surface area contributed by atoms with Crippen molar-refractivity contribution in [2.45, 2.75) is 0 Å². The van der Waals surface area contributed by atoms with E-state index < -0.39 is 5.97 Å². The first-order valence-corrected chi connectivity index (χ1v) is 6.29. The highest BCUT2D eigenvalue weighted by Gasteiger charge is 2.19. The van der Waals surface area contributed by atoms with Crippen LogP contribution in [0.15, 0.2) is 11.4 Å². The number of nitrogens with two attached hydrogens (primary N) is 1. The maximum Gasteiger partial charge on any atom is 0.359 e. The minimum Gasteiger partial charge on any atom is -0.464 e. The van der Waals surface area contributed by atoms with Crippen LogP contribution in [0.1, 0.15) is 10.5 Å². The molecule has 0 aliphatic carbocycles. The number of esters is 1. The first kappa shape index (κ1) is 11.4. The van der Waals surface area contributed by atoms with E-state index in [0.717, 1.165) is 4.88 Å². The van der Waals surface area contributed by atoms with Crippen molar-refractivity contribution in [3.05, 3.63) is 22.2 Å². The summed E-state index contributed by atoms with van der Waals surface area (Å²) in [5.41, 5.74) is 5.84. The van der Waals surface area contributed by atoms with Crippen LogP contribution in [-0.4, -0.2) is 18.1 Å². The summed E-state index contributed by atoms with van der Waals surface area (Å²) in [5.74, 6) is -0.535. The number of hydrogen-bond acceptors (Lipinski definition) is 6. The zero-order chi connectivity index (χ0) is 11.7. The molecule has 0 aliphatic rings. The topological polar surface area (TPSA) is 65.2 Å². The van der Waals surface area contributed by atoms with Gasteiger partial charge in [-0.15, -0.1) is 11.3 Å². The van der Waals surface area contributed by atoms with Crippen molar-refractivity contribution in [2.24, 2.45) is 0 Å². The molecule has 0 radical (unpaired) electrons. The average Bonchev–Trinajstić information content (AvgIpc) is 2.83. The zero-order valence-corrected chi connectivity index (χ0v) is 10.6. The summed E-state index contributed by atoms with van der Waals surface area (Å²) in [5, 5.41) is 3.44. The van der Waals surface area contributed by atoms with Gasteiger partial charge in [-0.3, -0.25) is 0 Å². The van der Waals surface area contributed by atoms with Gasteiger partial charge in [0, 0.05) is 0 Å². The highest BCUT2D eigenvalue weighted by atomic mass is 35.5. The highest BCUT2D eigenvalue weighted by Crippen LogP contribution is 2.38. The number of thiophene rings is 1. The molecule has 2 rings (SSSR count). The van der Waals surface area contributed by atoms with Crippen LogP contribution in [0.2, 0.25) is 5.02 Å². The molecule has 16 heavy (non-hydrogen) atoms. The molecule has 2 N–H and O–H groups in total. The third-order valence-electron chi connectivity index (χ3n) is 1.84. The molecule has 0 amide bonds. The maximum atomic E-state index is 11.3. The van der Waals surface area contributed by atoms with E-state index in [0.29, 0.717) is 15.0 Å². The quantitative estimate of drug-likeness (QED) is 0.855. The van der Waals surface area contributed by atoms with Gasteiger partial charge >= 0.3 is 5.97 Å². The predicted molar refractivity (Wildman–Crippen MR) is 66.2 cm³/mol. The smallest absolute Gasteiger partial charge is 0.359 e. The molecule has 0 aliphatic heterocycles. The van der Waals surface area contributed by atoms with Crippen LogP contribution in [0.3, 0.4) is 0 Å². The minimum atomic E-state index is -0.535. The van der Waals surface area contributed by atoms with E-state index in [1.807, 2.05) is 5.38 Å². The van der Waals surface area contributed by atoms with Gasteiger partial charge in [-0.25, -0.2) is 9.78 Å². The molecular weight excluding hydrogens is 268 g/mol. The number of methoxy groups -OCH3 is 1. The Morgan fingerprint density at radius 1 is 1.62 bits per heavy atom. The molecule has 0 saturated carbocycles. The number of rotatable bonds is 2. The number of carbonyl (C=O) groups is 1. The van der Waals surface area contributed by atoms with Crippen molar-refractivity contribution in [2.75, 3.05) is 12.8 Å². The number of anilines is 1. The van der Waals surface area contributed by atoms with Crippen LogP contribution in [0.25, 0.3) is 9.88 Å². The first-order chi connectivity index (χ1) is 7.63. The molecule has 2 aromatic heterocycles. The number of ether oxygens (including phenoxy) is 1. The minimum absolute atomic E-state index is 0.145. The summed E-state index contributed by atoms with van der Waals surface area (Å²) >= 11 is 8.64. The van der Waals surface area contributed by atoms with E-state index in [9.17, 15) is 4.79 Å². The van der Waals surface area contributed by atoms with Crippen molar-refractivity contribution in [1.29, 1.82) is 0 Å².